The average molecular weight is 455 g/mol. The quantitative estimate of drug-likeness (QED) is 0.0921. The second-order valence-corrected chi connectivity index (χ2v) is 9.62. The lowest BCUT2D eigenvalue weighted by Crippen LogP contribution is -2.43. The number of nitrogens with one attached hydrogen (secondary N) is 1. The van der Waals surface area contributed by atoms with E-state index in [1.165, 1.54) is 77.0 Å². The molecule has 4 nitrogen and oxygen atoms in total. The fraction of sp³-hybridized carbons (Fsp3) is 0.964. The molecule has 0 radical (unpaired) electrons. The van der Waals surface area contributed by atoms with Gasteiger partial charge in [-0.1, -0.05) is 98.3 Å². The fourth-order valence-electron chi connectivity index (χ4n) is 4.45. The van der Waals surface area contributed by atoms with Gasteiger partial charge in [-0.2, -0.15) is 0 Å². The third kappa shape index (κ3) is 18.9. The standard InChI is InChI=1S/C28H58N2O2/c1-6-10-12-14-15-18-22-27(21-17-13-11-7-2)25-32-28(31)23-19-16-20-24-29-26(5)30(8-3)9-4/h26-27,29H,6-25H2,1-5H3. The van der Waals surface area contributed by atoms with Gasteiger partial charge in [0.1, 0.15) is 0 Å². The molecular weight excluding hydrogens is 396 g/mol. The van der Waals surface area contributed by atoms with E-state index < -0.39 is 0 Å². The summed E-state index contributed by atoms with van der Waals surface area (Å²) >= 11 is 0. The second kappa shape index (κ2) is 23.5. The summed E-state index contributed by atoms with van der Waals surface area (Å²) in [7, 11) is 0. The molecule has 0 aromatic rings. The number of hydrogen-bond acceptors (Lipinski definition) is 4. The summed E-state index contributed by atoms with van der Waals surface area (Å²) in [6, 6.07) is 0. The van der Waals surface area contributed by atoms with E-state index in [1.54, 1.807) is 0 Å². The minimum atomic E-state index is 0.0102. The number of carbonyl (C=O) groups is 1. The van der Waals surface area contributed by atoms with Crippen LogP contribution in [-0.2, 0) is 9.53 Å². The van der Waals surface area contributed by atoms with Crippen molar-refractivity contribution in [2.45, 2.75) is 144 Å². The maximum Gasteiger partial charge on any atom is 0.305 e. The lowest BCUT2D eigenvalue weighted by molar-refractivity contribution is -0.145. The molecule has 0 aliphatic carbocycles. The van der Waals surface area contributed by atoms with Crippen molar-refractivity contribution in [1.29, 1.82) is 0 Å². The van der Waals surface area contributed by atoms with Gasteiger partial charge >= 0.3 is 5.97 Å². The number of hydrogen-bond donors (Lipinski definition) is 1. The number of esters is 1. The average Bonchev–Trinajstić information content (AvgIpc) is 2.79. The van der Waals surface area contributed by atoms with Crippen molar-refractivity contribution in [3.8, 4) is 0 Å². The smallest absolute Gasteiger partial charge is 0.305 e. The summed E-state index contributed by atoms with van der Waals surface area (Å²) < 4.78 is 5.70. The van der Waals surface area contributed by atoms with Gasteiger partial charge in [0.15, 0.2) is 0 Å². The molecule has 0 aliphatic heterocycles. The molecule has 32 heavy (non-hydrogen) atoms. The van der Waals surface area contributed by atoms with Gasteiger partial charge in [0.25, 0.3) is 0 Å². The molecule has 0 aromatic carbocycles. The van der Waals surface area contributed by atoms with E-state index in [0.717, 1.165) is 38.9 Å². The molecule has 0 bridgehead atoms. The van der Waals surface area contributed by atoms with Gasteiger partial charge in [-0.15, -0.1) is 0 Å². The van der Waals surface area contributed by atoms with Crippen LogP contribution in [0.25, 0.3) is 0 Å². The summed E-state index contributed by atoms with van der Waals surface area (Å²) in [4.78, 5) is 14.7. The van der Waals surface area contributed by atoms with Crippen LogP contribution in [0.3, 0.4) is 0 Å². The molecule has 0 rings (SSSR count). The van der Waals surface area contributed by atoms with Gasteiger partial charge in [-0.25, -0.2) is 0 Å². The van der Waals surface area contributed by atoms with Crippen molar-refractivity contribution in [2.24, 2.45) is 5.92 Å². The Labute approximate surface area is 201 Å². The third-order valence-electron chi connectivity index (χ3n) is 6.77. The van der Waals surface area contributed by atoms with Crippen LogP contribution in [0, 0.1) is 5.92 Å². The summed E-state index contributed by atoms with van der Waals surface area (Å²) in [6.07, 6.45) is 19.8. The highest BCUT2D eigenvalue weighted by Crippen LogP contribution is 2.19. The van der Waals surface area contributed by atoms with Crippen molar-refractivity contribution >= 4 is 5.97 Å². The van der Waals surface area contributed by atoms with Gasteiger partial charge in [0.2, 0.25) is 0 Å². The molecular formula is C28H58N2O2. The van der Waals surface area contributed by atoms with E-state index in [-0.39, 0.29) is 5.97 Å². The largest absolute Gasteiger partial charge is 0.465 e. The van der Waals surface area contributed by atoms with Crippen molar-refractivity contribution < 1.29 is 9.53 Å². The number of unbranched alkanes of at least 4 members (excludes halogenated alkanes) is 10. The Morgan fingerprint density at radius 2 is 1.28 bits per heavy atom. The van der Waals surface area contributed by atoms with E-state index in [9.17, 15) is 4.79 Å². The highest BCUT2D eigenvalue weighted by atomic mass is 16.5. The minimum Gasteiger partial charge on any atom is -0.465 e. The minimum absolute atomic E-state index is 0.0102. The Hall–Kier alpha value is -0.610. The van der Waals surface area contributed by atoms with Crippen LogP contribution < -0.4 is 5.32 Å². The molecule has 0 fully saturated rings. The van der Waals surface area contributed by atoms with E-state index in [4.69, 9.17) is 4.74 Å². The van der Waals surface area contributed by atoms with Crippen LogP contribution >= 0.6 is 0 Å². The third-order valence-corrected chi connectivity index (χ3v) is 6.77. The highest BCUT2D eigenvalue weighted by Gasteiger charge is 2.12. The van der Waals surface area contributed by atoms with Crippen molar-refractivity contribution in [3.05, 3.63) is 0 Å². The van der Waals surface area contributed by atoms with Crippen LogP contribution in [0.5, 0.6) is 0 Å². The molecule has 0 amide bonds. The first-order valence-electron chi connectivity index (χ1n) is 14.2. The predicted octanol–water partition coefficient (Wildman–Crippen LogP) is 7.70. The summed E-state index contributed by atoms with van der Waals surface area (Å²) in [5.74, 6) is 0.573. The summed E-state index contributed by atoms with van der Waals surface area (Å²) in [5, 5.41) is 3.59. The normalized spacial score (nSPS) is 13.4. The zero-order valence-electron chi connectivity index (χ0n) is 22.6. The van der Waals surface area contributed by atoms with Gasteiger partial charge in [0.05, 0.1) is 12.8 Å². The maximum absolute atomic E-state index is 12.2. The number of ether oxygens (including phenoxy) is 1. The van der Waals surface area contributed by atoms with Crippen LogP contribution in [0.2, 0.25) is 0 Å². The molecule has 2 unspecified atom stereocenters. The fourth-order valence-corrected chi connectivity index (χ4v) is 4.45. The van der Waals surface area contributed by atoms with Gasteiger partial charge in [-0.3, -0.25) is 9.69 Å². The van der Waals surface area contributed by atoms with Gasteiger partial charge in [0, 0.05) is 6.42 Å². The molecule has 1 N–H and O–H groups in total. The number of rotatable bonds is 24. The molecule has 0 saturated carbocycles. The Morgan fingerprint density at radius 1 is 0.750 bits per heavy atom. The number of nitrogens with zero attached hydrogens (tertiary/aromatic N) is 1. The van der Waals surface area contributed by atoms with E-state index in [0.29, 0.717) is 25.1 Å². The Balaban J connectivity index is 3.96. The molecule has 192 valence electrons. The Morgan fingerprint density at radius 3 is 1.88 bits per heavy atom. The number of carbonyl (C=O) groups excluding carboxylic acids is 1. The Bertz CT molecular complexity index is 399. The van der Waals surface area contributed by atoms with Gasteiger partial charge < -0.3 is 10.1 Å². The van der Waals surface area contributed by atoms with Crippen LogP contribution in [0.4, 0.5) is 0 Å². The Kier molecular flexibility index (Phi) is 23.1. The topological polar surface area (TPSA) is 41.6 Å². The van der Waals surface area contributed by atoms with Crippen molar-refractivity contribution in [3.63, 3.8) is 0 Å². The molecule has 2 atom stereocenters. The molecule has 0 heterocycles. The van der Waals surface area contributed by atoms with Gasteiger partial charge in [-0.05, 0) is 58.2 Å². The zero-order valence-corrected chi connectivity index (χ0v) is 22.6. The van der Waals surface area contributed by atoms with Crippen LogP contribution in [0.15, 0.2) is 0 Å². The van der Waals surface area contributed by atoms with Crippen molar-refractivity contribution in [2.75, 3.05) is 26.2 Å². The summed E-state index contributed by atoms with van der Waals surface area (Å²) in [5.41, 5.74) is 0. The van der Waals surface area contributed by atoms with E-state index >= 15 is 0 Å². The molecule has 0 aromatic heterocycles. The molecule has 0 aliphatic rings. The lowest BCUT2D eigenvalue weighted by Gasteiger charge is -2.27. The van der Waals surface area contributed by atoms with Crippen molar-refractivity contribution in [1.82, 2.24) is 10.2 Å². The molecule has 0 saturated heterocycles. The van der Waals surface area contributed by atoms with E-state index in [2.05, 4.69) is 44.8 Å². The first kappa shape index (κ1) is 31.4. The monoisotopic (exact) mass is 454 g/mol. The molecule has 4 heteroatoms. The van der Waals surface area contributed by atoms with E-state index in [1.807, 2.05) is 0 Å². The first-order valence-corrected chi connectivity index (χ1v) is 14.2. The predicted molar refractivity (Wildman–Crippen MR) is 140 cm³/mol. The van der Waals surface area contributed by atoms with Crippen LogP contribution in [-0.4, -0.2) is 43.3 Å². The van der Waals surface area contributed by atoms with Crippen LogP contribution in [0.1, 0.15) is 137 Å². The first-order chi connectivity index (χ1) is 15.6. The maximum atomic E-state index is 12.2. The second-order valence-electron chi connectivity index (χ2n) is 9.62. The summed E-state index contributed by atoms with van der Waals surface area (Å²) in [6.45, 7) is 15.0. The highest BCUT2D eigenvalue weighted by molar-refractivity contribution is 5.69. The SMILES string of the molecule is CCCCCCCCC(CCCCCC)COC(=O)CCCCCNC(C)N(CC)CC. The zero-order chi connectivity index (χ0) is 23.9. The molecule has 0 spiro atoms. The lowest BCUT2D eigenvalue weighted by atomic mass is 9.95.